The number of ether oxygens (including phenoxy) is 2. The molecule has 1 aromatic heterocycles. The van der Waals surface area contributed by atoms with Crippen LogP contribution in [-0.4, -0.2) is 72.5 Å². The van der Waals surface area contributed by atoms with Gasteiger partial charge in [0.1, 0.15) is 30.2 Å². The fourth-order valence-electron chi connectivity index (χ4n) is 4.40. The first-order valence-electron chi connectivity index (χ1n) is 13.4. The van der Waals surface area contributed by atoms with Gasteiger partial charge < -0.3 is 35.7 Å². The Morgan fingerprint density at radius 1 is 1.12 bits per heavy atom. The third-order valence-electron chi connectivity index (χ3n) is 6.51. The monoisotopic (exact) mass is 562 g/mol. The van der Waals surface area contributed by atoms with Gasteiger partial charge in [0.2, 0.25) is 17.7 Å². The van der Waals surface area contributed by atoms with Crippen LogP contribution in [0.3, 0.4) is 0 Å². The number of H-pyrrole nitrogens is 1. The van der Waals surface area contributed by atoms with Gasteiger partial charge in [-0.05, 0) is 42.7 Å². The minimum absolute atomic E-state index is 0.0952. The molecular weight excluding hydrogens is 528 g/mol. The molecule has 0 radical (unpaired) electrons. The highest BCUT2D eigenvalue weighted by Gasteiger charge is 2.29. The van der Waals surface area contributed by atoms with Gasteiger partial charge in [0.15, 0.2) is 0 Å². The van der Waals surface area contributed by atoms with E-state index in [9.17, 15) is 19.2 Å². The van der Waals surface area contributed by atoms with E-state index < -0.39 is 35.7 Å². The van der Waals surface area contributed by atoms with Crippen molar-refractivity contribution in [2.75, 3.05) is 26.8 Å². The molecule has 2 atom stereocenters. The molecule has 0 bridgehead atoms. The van der Waals surface area contributed by atoms with Crippen LogP contribution >= 0.6 is 0 Å². The van der Waals surface area contributed by atoms with Crippen molar-refractivity contribution < 1.29 is 28.7 Å². The Kier molecular flexibility index (Phi) is 10.3. The first kappa shape index (κ1) is 29.1. The fraction of sp³-hybridized carbons (Fsp3) is 0.345. The Labute approximate surface area is 237 Å². The number of fused-ring (bicyclic) bond motifs is 1. The van der Waals surface area contributed by atoms with Gasteiger partial charge in [-0.15, -0.1) is 0 Å². The molecule has 0 saturated heterocycles. The van der Waals surface area contributed by atoms with Gasteiger partial charge in [0.25, 0.3) is 5.91 Å². The molecule has 0 fully saturated rings. The number of nitrogens with one attached hydrogen (secondary N) is 5. The third kappa shape index (κ3) is 8.56. The maximum atomic E-state index is 13.2. The van der Waals surface area contributed by atoms with Crippen LogP contribution < -0.4 is 30.7 Å². The number of aromatic nitrogens is 2. The van der Waals surface area contributed by atoms with Crippen molar-refractivity contribution in [3.8, 4) is 11.5 Å². The standard InChI is InChI=1S/C29H34N6O6/c1-40-21-8-4-6-19(14-21)7-5-11-31-29(39)24-16-26(36)34-23(15-20-17-30-18-33-20)28(38)32-12-13-41-25-10-3-2-9-22(25)27(37)35-24/h2-4,6,8-10,14,17-18,23-24H,5,7,11-13,15-16H2,1H3,(H,30,33)(H,31,39)(H,32,38)(H,34,36)(H,35,37)/t23-,24-/m0/s1. The molecule has 0 aliphatic carbocycles. The molecule has 3 aromatic rings. The summed E-state index contributed by atoms with van der Waals surface area (Å²) >= 11 is 0. The predicted octanol–water partition coefficient (Wildman–Crippen LogP) is 0.892. The van der Waals surface area contributed by atoms with Crippen molar-refractivity contribution in [1.82, 2.24) is 31.2 Å². The van der Waals surface area contributed by atoms with E-state index in [2.05, 4.69) is 31.2 Å². The number of carbonyl (C=O) groups excluding carboxylic acids is 4. The summed E-state index contributed by atoms with van der Waals surface area (Å²) in [5, 5.41) is 10.9. The molecule has 1 aliphatic heterocycles. The SMILES string of the molecule is COc1cccc(CCCNC(=O)[C@@H]2CC(=O)N[C@@H](Cc3cnc[nH]3)C(=O)NCCOc3ccccc3C(=O)N2)c1. The third-order valence-corrected chi connectivity index (χ3v) is 6.51. The molecule has 0 saturated carbocycles. The van der Waals surface area contributed by atoms with Crippen molar-refractivity contribution in [2.45, 2.75) is 37.8 Å². The van der Waals surface area contributed by atoms with E-state index in [-0.39, 0.29) is 31.6 Å². The van der Waals surface area contributed by atoms with E-state index in [1.54, 1.807) is 37.6 Å². The summed E-state index contributed by atoms with van der Waals surface area (Å²) in [4.78, 5) is 59.3. The van der Waals surface area contributed by atoms with Crippen LogP contribution in [-0.2, 0) is 27.2 Å². The molecule has 12 heteroatoms. The van der Waals surface area contributed by atoms with Crippen LogP contribution in [0.1, 0.15) is 34.5 Å². The first-order chi connectivity index (χ1) is 19.9. The van der Waals surface area contributed by atoms with E-state index >= 15 is 0 Å². The van der Waals surface area contributed by atoms with Crippen LogP contribution in [0.25, 0.3) is 0 Å². The number of hydrogen-bond acceptors (Lipinski definition) is 7. The molecule has 0 spiro atoms. The van der Waals surface area contributed by atoms with Crippen LogP contribution in [0, 0.1) is 0 Å². The fourth-order valence-corrected chi connectivity index (χ4v) is 4.40. The topological polar surface area (TPSA) is 164 Å². The normalized spacial score (nSPS) is 18.0. The molecule has 2 heterocycles. The number of aromatic amines is 1. The van der Waals surface area contributed by atoms with Crippen molar-refractivity contribution in [3.63, 3.8) is 0 Å². The summed E-state index contributed by atoms with van der Waals surface area (Å²) in [5.41, 5.74) is 1.92. The summed E-state index contributed by atoms with van der Waals surface area (Å²) in [6, 6.07) is 12.1. The first-order valence-corrected chi connectivity index (χ1v) is 13.4. The quantitative estimate of drug-likeness (QED) is 0.255. The Morgan fingerprint density at radius 2 is 1.98 bits per heavy atom. The Morgan fingerprint density at radius 3 is 2.78 bits per heavy atom. The Balaban J connectivity index is 1.47. The highest BCUT2D eigenvalue weighted by Crippen LogP contribution is 2.18. The van der Waals surface area contributed by atoms with Crippen LogP contribution in [0.2, 0.25) is 0 Å². The molecular formula is C29H34N6O6. The van der Waals surface area contributed by atoms with Gasteiger partial charge in [-0.25, -0.2) is 4.98 Å². The van der Waals surface area contributed by atoms with Crippen LogP contribution in [0.5, 0.6) is 11.5 Å². The molecule has 4 rings (SSSR count). The Hall–Kier alpha value is -4.87. The number of imidazole rings is 1. The van der Waals surface area contributed by atoms with Crippen molar-refractivity contribution >= 4 is 23.6 Å². The lowest BCUT2D eigenvalue weighted by atomic mass is 10.1. The van der Waals surface area contributed by atoms with E-state index in [0.29, 0.717) is 30.8 Å². The summed E-state index contributed by atoms with van der Waals surface area (Å²) < 4.78 is 11.0. The molecule has 1 aliphatic rings. The molecule has 41 heavy (non-hydrogen) atoms. The highest BCUT2D eigenvalue weighted by molar-refractivity contribution is 6.01. The number of para-hydroxylation sites is 1. The van der Waals surface area contributed by atoms with Crippen molar-refractivity contribution in [1.29, 1.82) is 0 Å². The molecule has 4 amide bonds. The zero-order chi connectivity index (χ0) is 29.0. The molecule has 5 N–H and O–H groups in total. The number of benzene rings is 2. The molecule has 216 valence electrons. The second kappa shape index (κ2) is 14.5. The number of hydrogen-bond donors (Lipinski definition) is 5. The maximum Gasteiger partial charge on any atom is 0.255 e. The van der Waals surface area contributed by atoms with Gasteiger partial charge in [0, 0.05) is 24.9 Å². The van der Waals surface area contributed by atoms with E-state index in [1.807, 2.05) is 24.3 Å². The summed E-state index contributed by atoms with van der Waals surface area (Å²) in [7, 11) is 1.60. The van der Waals surface area contributed by atoms with Gasteiger partial charge in [0.05, 0.1) is 32.0 Å². The minimum atomic E-state index is -1.19. The van der Waals surface area contributed by atoms with Crippen molar-refractivity contribution in [2.24, 2.45) is 0 Å². The minimum Gasteiger partial charge on any atom is -0.497 e. The zero-order valence-corrected chi connectivity index (χ0v) is 22.8. The van der Waals surface area contributed by atoms with Gasteiger partial charge in [-0.1, -0.05) is 24.3 Å². The van der Waals surface area contributed by atoms with E-state index in [0.717, 1.165) is 11.3 Å². The number of carbonyl (C=O) groups is 4. The highest BCUT2D eigenvalue weighted by atomic mass is 16.5. The number of nitrogens with zero attached hydrogens (tertiary/aromatic N) is 1. The largest absolute Gasteiger partial charge is 0.497 e. The van der Waals surface area contributed by atoms with E-state index in [4.69, 9.17) is 9.47 Å². The molecule has 2 aromatic carbocycles. The molecule has 0 unspecified atom stereocenters. The Bertz CT molecular complexity index is 1350. The second-order valence-corrected chi connectivity index (χ2v) is 9.51. The van der Waals surface area contributed by atoms with Gasteiger partial charge >= 0.3 is 0 Å². The number of aryl methyl sites for hydroxylation is 1. The van der Waals surface area contributed by atoms with Crippen LogP contribution in [0.4, 0.5) is 0 Å². The van der Waals surface area contributed by atoms with E-state index in [1.165, 1.54) is 6.33 Å². The van der Waals surface area contributed by atoms with Gasteiger partial charge in [-0.2, -0.15) is 0 Å². The summed E-state index contributed by atoms with van der Waals surface area (Å²) in [6.07, 6.45) is 4.16. The second-order valence-electron chi connectivity index (χ2n) is 9.51. The average molecular weight is 563 g/mol. The molecule has 12 nitrogen and oxygen atoms in total. The zero-order valence-electron chi connectivity index (χ0n) is 22.8. The summed E-state index contributed by atoms with van der Waals surface area (Å²) in [6.45, 7) is 0.581. The predicted molar refractivity (Wildman–Crippen MR) is 149 cm³/mol. The average Bonchev–Trinajstić information content (AvgIpc) is 3.49. The lowest BCUT2D eigenvalue weighted by Crippen LogP contribution is -2.53. The maximum absolute atomic E-state index is 13.2. The summed E-state index contributed by atoms with van der Waals surface area (Å²) in [5.74, 6) is -0.997. The smallest absolute Gasteiger partial charge is 0.255 e. The number of methoxy groups -OCH3 is 1. The van der Waals surface area contributed by atoms with Crippen LogP contribution in [0.15, 0.2) is 61.1 Å². The lowest BCUT2D eigenvalue weighted by molar-refractivity contribution is -0.131. The number of rotatable bonds is 8. The lowest BCUT2D eigenvalue weighted by Gasteiger charge is -2.23. The number of amides is 4. The van der Waals surface area contributed by atoms with Gasteiger partial charge in [-0.3, -0.25) is 19.2 Å². The van der Waals surface area contributed by atoms with Crippen molar-refractivity contribution in [3.05, 3.63) is 77.9 Å².